The summed E-state index contributed by atoms with van der Waals surface area (Å²) < 4.78 is 21.7. The molecule has 6 heterocycles. The highest BCUT2D eigenvalue weighted by Gasteiger charge is 2.27. The molecular formula is C41H58N14O7S. The number of anilines is 7. The van der Waals surface area contributed by atoms with E-state index in [0.717, 1.165) is 24.5 Å². The highest BCUT2D eigenvalue weighted by Crippen LogP contribution is 2.22. The van der Waals surface area contributed by atoms with Crippen molar-refractivity contribution in [2.75, 3.05) is 90.9 Å². The smallest absolute Gasteiger partial charge is 0.410 e. The van der Waals surface area contributed by atoms with E-state index in [-0.39, 0.29) is 57.6 Å². The molecule has 2 fully saturated rings. The maximum atomic E-state index is 12.2. The molecule has 0 radical (unpaired) electrons. The summed E-state index contributed by atoms with van der Waals surface area (Å²) in [5, 5.41) is 3.11. The second kappa shape index (κ2) is 21.4. The van der Waals surface area contributed by atoms with E-state index in [1.165, 1.54) is 32.5 Å². The number of carbonyl (C=O) groups excluding carboxylic acids is 4. The molecule has 21 nitrogen and oxygen atoms in total. The molecule has 2 aliphatic rings. The van der Waals surface area contributed by atoms with Crippen molar-refractivity contribution in [3.63, 3.8) is 0 Å². The summed E-state index contributed by atoms with van der Waals surface area (Å²) in [6.07, 6.45) is 7.12. The molecule has 0 bridgehead atoms. The summed E-state index contributed by atoms with van der Waals surface area (Å²) in [7, 11) is -1.27. The molecule has 2 saturated heterocycles. The maximum Gasteiger partial charge on any atom is 0.410 e. The number of ether oxygens (including phenoxy) is 2. The quantitative estimate of drug-likeness (QED) is 0.150. The van der Waals surface area contributed by atoms with Gasteiger partial charge in [-0.2, -0.15) is 4.98 Å². The van der Waals surface area contributed by atoms with Gasteiger partial charge in [0.2, 0.25) is 11.1 Å². The molecule has 1 atom stereocenters. The predicted molar refractivity (Wildman–Crippen MR) is 241 cm³/mol. The van der Waals surface area contributed by atoms with Gasteiger partial charge in [-0.3, -0.25) is 13.8 Å². The molecule has 0 saturated carbocycles. The number of nitrogens with zero attached hydrogens (tertiary/aromatic N) is 10. The lowest BCUT2D eigenvalue weighted by molar-refractivity contribution is 0.0230. The van der Waals surface area contributed by atoms with Crippen LogP contribution in [0.25, 0.3) is 0 Å². The Hall–Kier alpha value is -6.71. The van der Waals surface area contributed by atoms with Gasteiger partial charge >= 0.3 is 12.2 Å². The first-order valence-corrected chi connectivity index (χ1v) is 21.6. The zero-order valence-corrected chi connectivity index (χ0v) is 38.1. The van der Waals surface area contributed by atoms with Crippen LogP contribution in [0.2, 0.25) is 0 Å². The summed E-state index contributed by atoms with van der Waals surface area (Å²) in [5.41, 5.74) is 18.4. The van der Waals surface area contributed by atoms with Crippen LogP contribution in [0.15, 0.2) is 54.2 Å². The van der Waals surface area contributed by atoms with Gasteiger partial charge in [-0.25, -0.2) is 34.5 Å². The van der Waals surface area contributed by atoms with Crippen LogP contribution in [-0.2, 0) is 20.3 Å². The van der Waals surface area contributed by atoms with Crippen molar-refractivity contribution < 1.29 is 32.9 Å². The van der Waals surface area contributed by atoms with Gasteiger partial charge in [0, 0.05) is 71.0 Å². The molecule has 340 valence electrons. The fourth-order valence-corrected chi connectivity index (χ4v) is 6.24. The van der Waals surface area contributed by atoms with Gasteiger partial charge in [0.25, 0.3) is 0 Å². The van der Waals surface area contributed by atoms with Crippen LogP contribution < -0.4 is 32.3 Å². The Kier molecular flexibility index (Phi) is 16.6. The first kappa shape index (κ1) is 49.0. The fraction of sp³-hybridized carbons (Fsp3) is 0.463. The first-order chi connectivity index (χ1) is 29.5. The largest absolute Gasteiger partial charge is 0.444 e. The van der Waals surface area contributed by atoms with E-state index in [1.54, 1.807) is 28.3 Å². The minimum absolute atomic E-state index is 0.0766. The van der Waals surface area contributed by atoms with Crippen LogP contribution in [0.3, 0.4) is 0 Å². The number of piperazine rings is 2. The molecule has 7 N–H and O–H groups in total. The lowest BCUT2D eigenvalue weighted by Gasteiger charge is -2.36. The molecule has 0 aromatic carbocycles. The normalized spacial score (nSPS) is 14.6. The van der Waals surface area contributed by atoms with Crippen molar-refractivity contribution in [2.45, 2.75) is 71.7 Å². The fourth-order valence-electron chi connectivity index (χ4n) is 5.81. The summed E-state index contributed by atoms with van der Waals surface area (Å²) in [4.78, 5) is 78.4. The van der Waals surface area contributed by atoms with Crippen molar-refractivity contribution in [1.82, 2.24) is 39.7 Å². The number of aromatic nitrogens is 6. The average Bonchev–Trinajstić information content (AvgIpc) is 3.20. The van der Waals surface area contributed by atoms with Crippen molar-refractivity contribution in [3.05, 3.63) is 60.2 Å². The van der Waals surface area contributed by atoms with Gasteiger partial charge in [0.15, 0.2) is 11.6 Å². The SMILES string of the molecule is CC(=O)c1cnc(Nc2ccc(N3CCN(C(=O)OC(C)(C)C)CC3)cn2)nc1N.CC(=O)c1cnc(S(C)=O)nc1N.CC(C)(C)OC(=O)N1CCN(c2ccc(N)nc2)CC1. The van der Waals surface area contributed by atoms with Gasteiger partial charge in [-0.1, -0.05) is 0 Å². The molecule has 6 rings (SSSR count). The van der Waals surface area contributed by atoms with Gasteiger partial charge in [0.1, 0.15) is 34.5 Å². The Morgan fingerprint density at radius 1 is 0.619 bits per heavy atom. The van der Waals surface area contributed by atoms with Crippen LogP contribution in [0.4, 0.5) is 50.2 Å². The van der Waals surface area contributed by atoms with Gasteiger partial charge in [-0.15, -0.1) is 0 Å². The number of Topliss-reactive ketones (excluding diaryl/α,β-unsaturated/α-hetero) is 2. The third-order valence-corrected chi connectivity index (χ3v) is 9.69. The van der Waals surface area contributed by atoms with E-state index < -0.39 is 22.0 Å². The Morgan fingerprint density at radius 3 is 1.43 bits per heavy atom. The number of nitrogen functional groups attached to an aromatic ring is 3. The molecule has 0 aliphatic carbocycles. The van der Waals surface area contributed by atoms with Gasteiger partial charge in [0.05, 0.1) is 45.7 Å². The molecule has 0 spiro atoms. The van der Waals surface area contributed by atoms with Crippen molar-refractivity contribution in [3.8, 4) is 0 Å². The number of pyridine rings is 2. The molecule has 63 heavy (non-hydrogen) atoms. The second-order valence-corrected chi connectivity index (χ2v) is 17.7. The number of nitrogens with two attached hydrogens (primary N) is 3. The molecule has 2 amide bonds. The summed E-state index contributed by atoms with van der Waals surface area (Å²) in [6.45, 7) is 19.4. The number of amides is 2. The third kappa shape index (κ3) is 15.3. The summed E-state index contributed by atoms with van der Waals surface area (Å²) >= 11 is 0. The molecule has 4 aromatic heterocycles. The topological polar surface area (TPSA) is 284 Å². The highest BCUT2D eigenvalue weighted by molar-refractivity contribution is 7.84. The van der Waals surface area contributed by atoms with E-state index >= 15 is 0 Å². The van der Waals surface area contributed by atoms with Crippen LogP contribution >= 0.6 is 0 Å². The zero-order chi connectivity index (χ0) is 46.6. The van der Waals surface area contributed by atoms with E-state index in [0.29, 0.717) is 50.9 Å². The van der Waals surface area contributed by atoms with Crippen molar-refractivity contribution in [1.29, 1.82) is 0 Å². The molecular weight excluding hydrogens is 833 g/mol. The second-order valence-electron chi connectivity index (χ2n) is 16.4. The van der Waals surface area contributed by atoms with Crippen molar-refractivity contribution in [2.24, 2.45) is 0 Å². The Labute approximate surface area is 369 Å². The zero-order valence-electron chi connectivity index (χ0n) is 37.2. The summed E-state index contributed by atoms with van der Waals surface area (Å²) in [5.74, 6) is 1.15. The number of hydrogen-bond donors (Lipinski definition) is 4. The number of carbonyl (C=O) groups is 4. The van der Waals surface area contributed by atoms with E-state index in [2.05, 4.69) is 45.0 Å². The van der Waals surface area contributed by atoms with Crippen LogP contribution in [0.5, 0.6) is 0 Å². The predicted octanol–water partition coefficient (Wildman–Crippen LogP) is 4.18. The third-order valence-electron chi connectivity index (χ3n) is 8.98. The lowest BCUT2D eigenvalue weighted by atomic mass is 10.2. The molecule has 1 unspecified atom stereocenters. The maximum absolute atomic E-state index is 12.2. The van der Waals surface area contributed by atoms with E-state index in [4.69, 9.17) is 26.7 Å². The van der Waals surface area contributed by atoms with Gasteiger partial charge in [-0.05, 0) is 79.7 Å². The average molecular weight is 891 g/mol. The minimum Gasteiger partial charge on any atom is -0.444 e. The minimum atomic E-state index is -1.27. The Balaban J connectivity index is 0.000000227. The van der Waals surface area contributed by atoms with Gasteiger partial charge < -0.3 is 51.6 Å². The highest BCUT2D eigenvalue weighted by atomic mass is 32.2. The van der Waals surface area contributed by atoms with Crippen LogP contribution in [0.1, 0.15) is 76.1 Å². The molecule has 2 aliphatic heterocycles. The number of rotatable bonds is 7. The number of ketones is 2. The lowest BCUT2D eigenvalue weighted by Crippen LogP contribution is -2.50. The summed E-state index contributed by atoms with van der Waals surface area (Å²) in [6, 6.07) is 7.49. The Morgan fingerprint density at radius 2 is 1.06 bits per heavy atom. The van der Waals surface area contributed by atoms with E-state index in [9.17, 15) is 23.4 Å². The van der Waals surface area contributed by atoms with E-state index in [1.807, 2.05) is 59.7 Å². The number of nitrogens with one attached hydrogen (secondary N) is 1. The molecule has 22 heteroatoms. The monoisotopic (exact) mass is 890 g/mol. The molecule has 4 aromatic rings. The Bertz CT molecular complexity index is 2230. The van der Waals surface area contributed by atoms with Crippen LogP contribution in [-0.4, -0.2) is 137 Å². The number of hydrogen-bond acceptors (Lipinski definition) is 19. The van der Waals surface area contributed by atoms with Crippen molar-refractivity contribution >= 4 is 75.1 Å². The van der Waals surface area contributed by atoms with Crippen LogP contribution in [0, 0.1) is 0 Å². The standard InChI is InChI=1S/C20H27N7O3.C14H22N4O2.C7H9N3O2S/c1-13(28)15-12-23-18(25-17(15)21)24-16-6-5-14(11-22-16)26-7-9-27(10-8-26)19(29)30-20(2,3)4;1-14(2,3)20-13(19)18-8-6-17(7-9-18)11-4-5-12(15)16-10-11;1-4(11)5-3-9-7(13(2)12)10-6(5)8/h5-6,11-12H,7-10H2,1-4H3,(H3,21,22,23,24,25);4-5,10H,6-9H2,1-3H3,(H2,15,16);3H,1-2H3,(H2,8,9,10). The first-order valence-electron chi connectivity index (χ1n) is 20.0.